The molecule has 0 unspecified atom stereocenters. The van der Waals surface area contributed by atoms with Crippen molar-refractivity contribution < 1.29 is 14.3 Å². The molecular formula is C17H23N5O3. The van der Waals surface area contributed by atoms with E-state index < -0.39 is 11.6 Å². The van der Waals surface area contributed by atoms with Gasteiger partial charge in [-0.15, -0.1) is 5.10 Å². The highest BCUT2D eigenvalue weighted by Gasteiger charge is 2.41. The van der Waals surface area contributed by atoms with Crippen molar-refractivity contribution in [1.29, 1.82) is 0 Å². The molecule has 1 aliphatic rings. The number of nitrogens with one attached hydrogen (secondary N) is 1. The molecule has 0 saturated heterocycles. The van der Waals surface area contributed by atoms with E-state index in [4.69, 9.17) is 9.47 Å². The van der Waals surface area contributed by atoms with E-state index in [2.05, 4.69) is 20.8 Å². The van der Waals surface area contributed by atoms with E-state index in [0.717, 1.165) is 43.5 Å². The van der Waals surface area contributed by atoms with Crippen LogP contribution in [0.5, 0.6) is 5.75 Å². The third-order valence-corrected chi connectivity index (χ3v) is 4.54. The van der Waals surface area contributed by atoms with Crippen molar-refractivity contribution in [2.75, 3.05) is 13.7 Å². The Balaban J connectivity index is 1.96. The fourth-order valence-electron chi connectivity index (χ4n) is 3.31. The average molecular weight is 345 g/mol. The molecule has 0 spiro atoms. The van der Waals surface area contributed by atoms with Crippen molar-refractivity contribution in [3.8, 4) is 11.4 Å². The number of benzene rings is 1. The molecule has 1 aliphatic carbocycles. The molecule has 0 radical (unpaired) electrons. The number of ether oxygens (including phenoxy) is 2. The molecule has 0 atom stereocenters. The fraction of sp³-hybridized carbons (Fsp3) is 0.529. The van der Waals surface area contributed by atoms with Gasteiger partial charge in [-0.3, -0.25) is 0 Å². The lowest BCUT2D eigenvalue weighted by molar-refractivity contribution is 0.124. The van der Waals surface area contributed by atoms with Gasteiger partial charge >= 0.3 is 6.09 Å². The number of carbonyl (C=O) groups excluding carboxylic acids is 1. The number of hydrogen-bond donors (Lipinski definition) is 1. The SMILES string of the molecule is CCOC(=O)NC1(c2nnnn2-c2ccc(OC)cc2)CCCCC1. The molecule has 0 aliphatic heterocycles. The molecule has 1 N–H and O–H groups in total. The van der Waals surface area contributed by atoms with E-state index in [-0.39, 0.29) is 0 Å². The summed E-state index contributed by atoms with van der Waals surface area (Å²) in [6.07, 6.45) is 4.26. The van der Waals surface area contributed by atoms with Gasteiger partial charge in [0.25, 0.3) is 0 Å². The predicted octanol–water partition coefficient (Wildman–Crippen LogP) is 2.58. The van der Waals surface area contributed by atoms with E-state index in [0.29, 0.717) is 12.4 Å². The lowest BCUT2D eigenvalue weighted by atomic mass is 9.81. The molecule has 1 aromatic carbocycles. The Hall–Kier alpha value is -2.64. The monoisotopic (exact) mass is 345 g/mol. The molecule has 1 saturated carbocycles. The van der Waals surface area contributed by atoms with Crippen molar-refractivity contribution >= 4 is 6.09 Å². The van der Waals surface area contributed by atoms with E-state index >= 15 is 0 Å². The summed E-state index contributed by atoms with van der Waals surface area (Å²) in [7, 11) is 1.62. The second-order valence-corrected chi connectivity index (χ2v) is 6.10. The van der Waals surface area contributed by atoms with Crippen LogP contribution in [0.25, 0.3) is 5.69 Å². The van der Waals surface area contributed by atoms with Gasteiger partial charge in [-0.2, -0.15) is 4.68 Å². The third kappa shape index (κ3) is 3.57. The topological polar surface area (TPSA) is 91.2 Å². The minimum Gasteiger partial charge on any atom is -0.497 e. The Morgan fingerprint density at radius 1 is 1.24 bits per heavy atom. The van der Waals surface area contributed by atoms with Crippen LogP contribution in [0.3, 0.4) is 0 Å². The van der Waals surface area contributed by atoms with E-state index in [9.17, 15) is 4.79 Å². The zero-order valence-corrected chi connectivity index (χ0v) is 14.6. The summed E-state index contributed by atoms with van der Waals surface area (Å²) in [4.78, 5) is 12.1. The van der Waals surface area contributed by atoms with Crippen LogP contribution in [0.2, 0.25) is 0 Å². The highest BCUT2D eigenvalue weighted by molar-refractivity contribution is 5.68. The van der Waals surface area contributed by atoms with Gasteiger partial charge in [0.15, 0.2) is 5.82 Å². The largest absolute Gasteiger partial charge is 0.497 e. The summed E-state index contributed by atoms with van der Waals surface area (Å²) in [6, 6.07) is 7.49. The summed E-state index contributed by atoms with van der Waals surface area (Å²) in [5.41, 5.74) is 0.199. The van der Waals surface area contributed by atoms with E-state index in [1.165, 1.54) is 0 Å². The highest BCUT2D eigenvalue weighted by atomic mass is 16.5. The van der Waals surface area contributed by atoms with Crippen molar-refractivity contribution in [3.63, 3.8) is 0 Å². The second kappa shape index (κ2) is 7.50. The molecule has 1 fully saturated rings. The van der Waals surface area contributed by atoms with Gasteiger partial charge in [-0.1, -0.05) is 19.3 Å². The van der Waals surface area contributed by atoms with Crippen molar-refractivity contribution in [2.45, 2.75) is 44.6 Å². The van der Waals surface area contributed by atoms with Crippen LogP contribution < -0.4 is 10.1 Å². The quantitative estimate of drug-likeness (QED) is 0.895. The van der Waals surface area contributed by atoms with Gasteiger partial charge in [0.2, 0.25) is 0 Å². The van der Waals surface area contributed by atoms with Crippen LogP contribution in [0, 0.1) is 0 Å². The number of hydrogen-bond acceptors (Lipinski definition) is 6. The Morgan fingerprint density at radius 3 is 2.60 bits per heavy atom. The molecule has 8 heteroatoms. The van der Waals surface area contributed by atoms with Crippen LogP contribution in [0.4, 0.5) is 4.79 Å². The minimum absolute atomic E-state index is 0.325. The zero-order valence-electron chi connectivity index (χ0n) is 14.6. The first kappa shape index (κ1) is 17.2. The van der Waals surface area contributed by atoms with Crippen LogP contribution in [0.1, 0.15) is 44.9 Å². The van der Waals surface area contributed by atoms with Gasteiger partial charge in [-0.05, 0) is 54.5 Å². The Morgan fingerprint density at radius 2 is 1.96 bits per heavy atom. The first-order chi connectivity index (χ1) is 12.2. The second-order valence-electron chi connectivity index (χ2n) is 6.10. The summed E-state index contributed by atoms with van der Waals surface area (Å²) >= 11 is 0. The first-order valence-corrected chi connectivity index (χ1v) is 8.57. The molecule has 134 valence electrons. The zero-order chi connectivity index (χ0) is 17.7. The van der Waals surface area contributed by atoms with Gasteiger partial charge in [0.05, 0.1) is 19.4 Å². The molecule has 1 heterocycles. The number of carbonyl (C=O) groups is 1. The van der Waals surface area contributed by atoms with Crippen LogP contribution in [-0.2, 0) is 10.3 Å². The maximum atomic E-state index is 12.1. The van der Waals surface area contributed by atoms with Gasteiger partial charge in [0, 0.05) is 0 Å². The van der Waals surface area contributed by atoms with Crippen LogP contribution >= 0.6 is 0 Å². The summed E-state index contributed by atoms with van der Waals surface area (Å²) in [5.74, 6) is 1.39. The first-order valence-electron chi connectivity index (χ1n) is 8.57. The maximum absolute atomic E-state index is 12.1. The molecule has 3 rings (SSSR count). The minimum atomic E-state index is -0.617. The normalized spacial score (nSPS) is 16.2. The lowest BCUT2D eigenvalue weighted by Crippen LogP contribution is -2.49. The van der Waals surface area contributed by atoms with Crippen LogP contribution in [-0.4, -0.2) is 40.0 Å². The van der Waals surface area contributed by atoms with E-state index in [1.807, 2.05) is 24.3 Å². The molecule has 2 aromatic rings. The van der Waals surface area contributed by atoms with Gasteiger partial charge in [-0.25, -0.2) is 4.79 Å². The smallest absolute Gasteiger partial charge is 0.407 e. The summed E-state index contributed by atoms with van der Waals surface area (Å²) in [5, 5.41) is 15.3. The standard InChI is InChI=1S/C17H23N5O3/c1-3-25-16(23)18-17(11-5-4-6-12-17)15-19-20-21-22(15)13-7-9-14(24-2)10-8-13/h7-10H,3-6,11-12H2,1-2H3,(H,18,23). The summed E-state index contributed by atoms with van der Waals surface area (Å²) < 4.78 is 12.0. The van der Waals surface area contributed by atoms with Crippen molar-refractivity contribution in [3.05, 3.63) is 30.1 Å². The fourth-order valence-corrected chi connectivity index (χ4v) is 3.31. The van der Waals surface area contributed by atoms with Gasteiger partial charge in [0.1, 0.15) is 11.3 Å². The Bertz CT molecular complexity index is 707. The molecule has 1 amide bonds. The number of methoxy groups -OCH3 is 1. The van der Waals surface area contributed by atoms with Crippen molar-refractivity contribution in [1.82, 2.24) is 25.5 Å². The molecule has 0 bridgehead atoms. The lowest BCUT2D eigenvalue weighted by Gasteiger charge is -2.36. The molecule has 25 heavy (non-hydrogen) atoms. The highest BCUT2D eigenvalue weighted by Crippen LogP contribution is 2.36. The third-order valence-electron chi connectivity index (χ3n) is 4.54. The maximum Gasteiger partial charge on any atom is 0.407 e. The summed E-state index contributed by atoms with van der Waals surface area (Å²) in [6.45, 7) is 2.11. The number of rotatable bonds is 5. The number of nitrogens with zero attached hydrogens (tertiary/aromatic N) is 4. The molecular weight excluding hydrogens is 322 g/mol. The van der Waals surface area contributed by atoms with E-state index in [1.54, 1.807) is 18.7 Å². The number of aromatic nitrogens is 4. The van der Waals surface area contributed by atoms with Gasteiger partial charge < -0.3 is 14.8 Å². The number of amides is 1. The van der Waals surface area contributed by atoms with Crippen LogP contribution in [0.15, 0.2) is 24.3 Å². The number of alkyl carbamates (subject to hydrolysis) is 1. The number of tetrazole rings is 1. The van der Waals surface area contributed by atoms with Crippen molar-refractivity contribution in [2.24, 2.45) is 0 Å². The Labute approximate surface area is 146 Å². The molecule has 8 nitrogen and oxygen atoms in total. The Kier molecular flexibility index (Phi) is 5.16. The predicted molar refractivity (Wildman–Crippen MR) is 90.6 cm³/mol. The molecule has 1 aromatic heterocycles. The average Bonchev–Trinajstić information content (AvgIpc) is 3.13.